The zero-order chi connectivity index (χ0) is 28.6. The molecular formula is C28H32N4O8. The number of aromatic nitrogens is 4. The van der Waals surface area contributed by atoms with Gasteiger partial charge in [-0.25, -0.2) is 19.2 Å². The fourth-order valence-corrected chi connectivity index (χ4v) is 6.03. The van der Waals surface area contributed by atoms with Crippen LogP contribution in [0.15, 0.2) is 49.7 Å². The summed E-state index contributed by atoms with van der Waals surface area (Å²) in [5, 5.41) is 0.636. The van der Waals surface area contributed by atoms with Gasteiger partial charge in [0.05, 0.1) is 0 Å². The Hall–Kier alpha value is -4.22. The third kappa shape index (κ3) is 4.93. The van der Waals surface area contributed by atoms with E-state index in [1.165, 1.54) is 21.3 Å². The van der Waals surface area contributed by atoms with Gasteiger partial charge in [-0.1, -0.05) is 39.5 Å². The Morgan fingerprint density at radius 2 is 1.20 bits per heavy atom. The summed E-state index contributed by atoms with van der Waals surface area (Å²) in [5.41, 5.74) is -1.57. The molecule has 12 nitrogen and oxygen atoms in total. The third-order valence-corrected chi connectivity index (χ3v) is 7.97. The van der Waals surface area contributed by atoms with E-state index in [1.807, 2.05) is 13.8 Å². The lowest BCUT2D eigenvalue weighted by Gasteiger charge is -2.15. The molecule has 40 heavy (non-hydrogen) atoms. The summed E-state index contributed by atoms with van der Waals surface area (Å²) in [5.74, 6) is 0. The molecule has 2 aliphatic carbocycles. The maximum atomic E-state index is 12.6. The van der Waals surface area contributed by atoms with E-state index in [2.05, 4.69) is 9.97 Å². The standard InChI is InChI=1S/2C14H16N2O4/c1-2-8-7-10(17)20-12-11(8)13(18)16(14(19)15-12)9-5-3-4-6-9;1-2-8-7-10(17)20-13-11(8)12(18)15-14(19)16(13)9-5-3-4-6-9/h7,9H,2-6H2,1H3,(H,15,19);7,9H,2-6H2,1H3,(H,15,18,19). The normalized spacial score (nSPS) is 16.1. The molecule has 0 aromatic carbocycles. The number of H-pyrrole nitrogens is 2. The van der Waals surface area contributed by atoms with Crippen LogP contribution in [0.5, 0.6) is 0 Å². The van der Waals surface area contributed by atoms with Crippen LogP contribution in [0.1, 0.15) is 88.4 Å². The largest absolute Gasteiger partial charge is 0.405 e. The van der Waals surface area contributed by atoms with Crippen molar-refractivity contribution in [2.75, 3.05) is 0 Å². The maximum absolute atomic E-state index is 12.6. The molecule has 4 aromatic rings. The molecule has 0 aliphatic heterocycles. The van der Waals surface area contributed by atoms with Crippen LogP contribution in [0, 0.1) is 0 Å². The Morgan fingerprint density at radius 1 is 0.700 bits per heavy atom. The second kappa shape index (κ2) is 11.1. The van der Waals surface area contributed by atoms with Crippen molar-refractivity contribution >= 4 is 22.2 Å². The molecule has 0 unspecified atom stereocenters. The first kappa shape index (κ1) is 27.4. The van der Waals surface area contributed by atoms with Crippen molar-refractivity contribution in [3.8, 4) is 0 Å². The van der Waals surface area contributed by atoms with E-state index in [0.717, 1.165) is 51.4 Å². The molecule has 2 saturated carbocycles. The van der Waals surface area contributed by atoms with Crippen molar-refractivity contribution < 1.29 is 8.83 Å². The molecule has 0 radical (unpaired) electrons. The topological polar surface area (TPSA) is 170 Å². The van der Waals surface area contributed by atoms with Crippen molar-refractivity contribution in [1.82, 2.24) is 19.1 Å². The van der Waals surface area contributed by atoms with E-state index in [9.17, 15) is 28.8 Å². The monoisotopic (exact) mass is 552 g/mol. The smallest absolute Gasteiger partial charge is 0.337 e. The number of nitrogens with one attached hydrogen (secondary N) is 2. The van der Waals surface area contributed by atoms with E-state index in [-0.39, 0.29) is 29.1 Å². The molecule has 0 bridgehead atoms. The molecule has 0 atom stereocenters. The van der Waals surface area contributed by atoms with Crippen LogP contribution in [0.2, 0.25) is 0 Å². The number of rotatable bonds is 4. The minimum atomic E-state index is -0.553. The number of hydrogen-bond acceptors (Lipinski definition) is 8. The lowest BCUT2D eigenvalue weighted by Crippen LogP contribution is -2.38. The molecule has 0 spiro atoms. The molecule has 4 aromatic heterocycles. The van der Waals surface area contributed by atoms with E-state index in [0.29, 0.717) is 34.7 Å². The molecule has 0 amide bonds. The van der Waals surface area contributed by atoms with Gasteiger partial charge in [0.1, 0.15) is 10.8 Å². The highest BCUT2D eigenvalue weighted by molar-refractivity contribution is 5.76. The van der Waals surface area contributed by atoms with Gasteiger partial charge >= 0.3 is 22.6 Å². The lowest BCUT2D eigenvalue weighted by atomic mass is 10.1. The number of fused-ring (bicyclic) bond motifs is 2. The first-order chi connectivity index (χ1) is 19.2. The Labute approximate surface area is 226 Å². The highest BCUT2D eigenvalue weighted by Gasteiger charge is 2.24. The predicted molar refractivity (Wildman–Crippen MR) is 148 cm³/mol. The minimum Gasteiger partial charge on any atom is -0.405 e. The first-order valence-electron chi connectivity index (χ1n) is 13.9. The summed E-state index contributed by atoms with van der Waals surface area (Å²) in [6.45, 7) is 3.72. The Kier molecular flexibility index (Phi) is 7.59. The number of aryl methyl sites for hydroxylation is 2. The van der Waals surface area contributed by atoms with Crippen LogP contribution in [0.4, 0.5) is 0 Å². The van der Waals surface area contributed by atoms with E-state index < -0.39 is 28.2 Å². The van der Waals surface area contributed by atoms with E-state index in [4.69, 9.17) is 8.83 Å². The van der Waals surface area contributed by atoms with E-state index in [1.54, 1.807) is 0 Å². The summed E-state index contributed by atoms with van der Waals surface area (Å²) in [6.07, 6.45) is 8.60. The van der Waals surface area contributed by atoms with Crippen molar-refractivity contribution in [3.05, 3.63) is 85.8 Å². The van der Waals surface area contributed by atoms with Gasteiger partial charge in [0, 0.05) is 24.2 Å². The molecule has 2 N–H and O–H groups in total. The first-order valence-corrected chi connectivity index (χ1v) is 13.9. The Morgan fingerprint density at radius 3 is 1.77 bits per heavy atom. The van der Waals surface area contributed by atoms with Gasteiger partial charge < -0.3 is 8.83 Å². The number of aromatic amines is 2. The average Bonchev–Trinajstić information content (AvgIpc) is 3.63. The SMILES string of the molecule is CCc1cc(=O)oc2[nH]c(=O)n(C3CCCC3)c(=O)c12.CCc1cc(=O)oc2c1c(=O)[nH]c(=O)n2C1CCCC1. The fraction of sp³-hybridized carbons (Fsp3) is 0.500. The van der Waals surface area contributed by atoms with Crippen LogP contribution < -0.4 is 33.7 Å². The van der Waals surface area contributed by atoms with Crippen LogP contribution in [-0.4, -0.2) is 19.1 Å². The van der Waals surface area contributed by atoms with Crippen LogP contribution >= 0.6 is 0 Å². The quantitative estimate of drug-likeness (QED) is 0.389. The highest BCUT2D eigenvalue weighted by Crippen LogP contribution is 2.30. The Bertz CT molecular complexity index is 1910. The highest BCUT2D eigenvalue weighted by atomic mass is 16.4. The fourth-order valence-electron chi connectivity index (χ4n) is 6.03. The molecule has 2 aliphatic rings. The molecule has 2 fully saturated rings. The van der Waals surface area contributed by atoms with Crippen LogP contribution in [-0.2, 0) is 12.8 Å². The molecule has 0 saturated heterocycles. The van der Waals surface area contributed by atoms with Gasteiger partial charge in [0.15, 0.2) is 0 Å². The van der Waals surface area contributed by atoms with Gasteiger partial charge in [0.2, 0.25) is 11.4 Å². The summed E-state index contributed by atoms with van der Waals surface area (Å²) < 4.78 is 12.9. The van der Waals surface area contributed by atoms with Crippen molar-refractivity contribution in [2.45, 2.75) is 90.1 Å². The maximum Gasteiger partial charge on any atom is 0.337 e. The summed E-state index contributed by atoms with van der Waals surface area (Å²) in [7, 11) is 0. The zero-order valence-electron chi connectivity index (χ0n) is 22.5. The molecule has 212 valence electrons. The second-order valence-electron chi connectivity index (χ2n) is 10.4. The number of hydrogen-bond donors (Lipinski definition) is 2. The molecule has 6 rings (SSSR count). The second-order valence-corrected chi connectivity index (χ2v) is 10.4. The van der Waals surface area contributed by atoms with Gasteiger partial charge in [0.25, 0.3) is 11.1 Å². The van der Waals surface area contributed by atoms with Crippen LogP contribution in [0.3, 0.4) is 0 Å². The zero-order valence-corrected chi connectivity index (χ0v) is 22.5. The minimum absolute atomic E-state index is 0.00268. The van der Waals surface area contributed by atoms with Gasteiger partial charge in [-0.15, -0.1) is 0 Å². The predicted octanol–water partition coefficient (Wildman–Crippen LogP) is 2.64. The van der Waals surface area contributed by atoms with Crippen molar-refractivity contribution in [2.24, 2.45) is 0 Å². The third-order valence-electron chi connectivity index (χ3n) is 7.97. The van der Waals surface area contributed by atoms with E-state index >= 15 is 0 Å². The van der Waals surface area contributed by atoms with Gasteiger partial charge in [-0.2, -0.15) is 0 Å². The summed E-state index contributed by atoms with van der Waals surface area (Å²) >= 11 is 0. The molecule has 12 heteroatoms. The summed E-state index contributed by atoms with van der Waals surface area (Å²) in [6, 6.07) is 2.59. The lowest BCUT2D eigenvalue weighted by molar-refractivity contribution is 0.447. The van der Waals surface area contributed by atoms with Crippen molar-refractivity contribution in [3.63, 3.8) is 0 Å². The van der Waals surface area contributed by atoms with Crippen molar-refractivity contribution in [1.29, 1.82) is 0 Å². The van der Waals surface area contributed by atoms with Gasteiger partial charge in [-0.05, 0) is 49.7 Å². The number of nitrogens with zero attached hydrogens (tertiary/aromatic N) is 2. The molecular weight excluding hydrogens is 520 g/mol. The van der Waals surface area contributed by atoms with Crippen LogP contribution in [0.25, 0.3) is 22.2 Å². The summed E-state index contributed by atoms with van der Waals surface area (Å²) in [4.78, 5) is 76.8. The van der Waals surface area contributed by atoms with Gasteiger partial charge in [-0.3, -0.25) is 28.7 Å². The Balaban J connectivity index is 0.000000161. The average molecular weight is 553 g/mol. The molecule has 4 heterocycles.